The Balaban J connectivity index is 1.88. The average molecular weight is 390 g/mol. The Morgan fingerprint density at radius 1 is 1.11 bits per heavy atom. The van der Waals surface area contributed by atoms with Crippen molar-refractivity contribution in [1.29, 1.82) is 0 Å². The molecule has 3 rings (SSSR count). The fourth-order valence-electron chi connectivity index (χ4n) is 3.43. The van der Waals surface area contributed by atoms with Crippen molar-refractivity contribution in [2.45, 2.75) is 38.4 Å². The summed E-state index contributed by atoms with van der Waals surface area (Å²) in [5, 5.41) is 5.47. The summed E-state index contributed by atoms with van der Waals surface area (Å²) in [6.45, 7) is 1.66. The summed E-state index contributed by atoms with van der Waals surface area (Å²) in [7, 11) is 0. The van der Waals surface area contributed by atoms with Crippen molar-refractivity contribution in [1.82, 2.24) is 5.32 Å². The van der Waals surface area contributed by atoms with Crippen LogP contribution in [0, 0.1) is 5.92 Å². The van der Waals surface area contributed by atoms with E-state index in [0.717, 1.165) is 11.1 Å². The number of rotatable bonds is 5. The van der Waals surface area contributed by atoms with Crippen LogP contribution in [0.4, 0.5) is 18.9 Å². The number of fused-ring (bicyclic) bond motifs is 3. The van der Waals surface area contributed by atoms with Gasteiger partial charge in [0.15, 0.2) is 0 Å². The van der Waals surface area contributed by atoms with Crippen molar-refractivity contribution in [3.63, 3.8) is 0 Å². The van der Waals surface area contributed by atoms with Crippen LogP contribution in [0.15, 0.2) is 48.5 Å². The summed E-state index contributed by atoms with van der Waals surface area (Å²) in [6.07, 6.45) is -5.39. The quantitative estimate of drug-likeness (QED) is 0.768. The number of halogens is 3. The molecule has 1 aliphatic rings. The van der Waals surface area contributed by atoms with E-state index in [9.17, 15) is 22.8 Å². The monoisotopic (exact) mass is 390 g/mol. The Kier molecular flexibility index (Phi) is 5.72. The molecular formula is C21H21F3N2O2. The lowest BCUT2D eigenvalue weighted by molar-refractivity contribution is -0.142. The van der Waals surface area contributed by atoms with E-state index in [1.807, 2.05) is 24.3 Å². The van der Waals surface area contributed by atoms with Gasteiger partial charge in [0.2, 0.25) is 5.91 Å². The lowest BCUT2D eigenvalue weighted by Gasteiger charge is -2.22. The summed E-state index contributed by atoms with van der Waals surface area (Å²) in [5.74, 6) is -1.78. The first-order chi connectivity index (χ1) is 13.3. The number of hydrogen-bond donors (Lipinski definition) is 2. The Bertz CT molecular complexity index is 880. The predicted octanol–water partition coefficient (Wildman–Crippen LogP) is 4.83. The van der Waals surface area contributed by atoms with Gasteiger partial charge in [-0.3, -0.25) is 9.59 Å². The number of anilines is 1. The molecule has 2 N–H and O–H groups in total. The van der Waals surface area contributed by atoms with Crippen LogP contribution in [-0.2, 0) is 9.59 Å². The van der Waals surface area contributed by atoms with E-state index in [1.165, 1.54) is 0 Å². The molecule has 1 aliphatic heterocycles. The fraction of sp³-hybridized carbons (Fsp3) is 0.333. The number of para-hydroxylation sites is 1. The highest BCUT2D eigenvalue weighted by Crippen LogP contribution is 2.37. The maximum absolute atomic E-state index is 12.8. The molecule has 2 atom stereocenters. The highest BCUT2D eigenvalue weighted by molar-refractivity contribution is 6.04. The highest BCUT2D eigenvalue weighted by atomic mass is 19.4. The van der Waals surface area contributed by atoms with Crippen LogP contribution >= 0.6 is 0 Å². The Labute approximate surface area is 161 Å². The van der Waals surface area contributed by atoms with Gasteiger partial charge in [0.1, 0.15) is 6.04 Å². The van der Waals surface area contributed by atoms with Crippen molar-refractivity contribution in [3.8, 4) is 11.1 Å². The van der Waals surface area contributed by atoms with Crippen LogP contribution in [0.2, 0.25) is 0 Å². The van der Waals surface area contributed by atoms with Crippen molar-refractivity contribution in [2.75, 3.05) is 5.32 Å². The van der Waals surface area contributed by atoms with Gasteiger partial charge in [-0.1, -0.05) is 49.4 Å². The SMILES string of the molecule is CCC(CCC(F)(F)F)C(=O)NC1C(=O)Nc2ccccc2-c2ccccc21. The van der Waals surface area contributed by atoms with E-state index < -0.39 is 36.4 Å². The zero-order valence-corrected chi connectivity index (χ0v) is 15.3. The number of benzene rings is 2. The van der Waals surface area contributed by atoms with Gasteiger partial charge in [-0.15, -0.1) is 0 Å². The molecule has 2 aromatic carbocycles. The summed E-state index contributed by atoms with van der Waals surface area (Å²) >= 11 is 0. The molecule has 2 amide bonds. The number of nitrogens with one attached hydrogen (secondary N) is 2. The zero-order valence-electron chi connectivity index (χ0n) is 15.3. The Hall–Kier alpha value is -2.83. The van der Waals surface area contributed by atoms with Gasteiger partial charge < -0.3 is 10.6 Å². The molecule has 28 heavy (non-hydrogen) atoms. The molecule has 0 saturated carbocycles. The molecule has 7 heteroatoms. The van der Waals surface area contributed by atoms with Crippen molar-refractivity contribution in [2.24, 2.45) is 5.92 Å². The summed E-state index contributed by atoms with van der Waals surface area (Å²) < 4.78 is 37.6. The number of alkyl halides is 3. The van der Waals surface area contributed by atoms with Gasteiger partial charge >= 0.3 is 6.18 Å². The summed E-state index contributed by atoms with van der Waals surface area (Å²) in [6, 6.07) is 13.5. The van der Waals surface area contributed by atoms with Crippen molar-refractivity contribution < 1.29 is 22.8 Å². The first-order valence-electron chi connectivity index (χ1n) is 9.16. The van der Waals surface area contributed by atoms with Crippen LogP contribution in [0.5, 0.6) is 0 Å². The van der Waals surface area contributed by atoms with E-state index in [-0.39, 0.29) is 12.8 Å². The van der Waals surface area contributed by atoms with Gasteiger partial charge in [-0.05, 0) is 30.0 Å². The van der Waals surface area contributed by atoms with E-state index in [1.54, 1.807) is 31.2 Å². The van der Waals surface area contributed by atoms with E-state index in [4.69, 9.17) is 0 Å². The number of carbonyl (C=O) groups excluding carboxylic acids is 2. The summed E-state index contributed by atoms with van der Waals surface area (Å²) in [4.78, 5) is 25.4. The number of hydrogen-bond acceptors (Lipinski definition) is 2. The van der Waals surface area contributed by atoms with Gasteiger partial charge in [-0.25, -0.2) is 0 Å². The molecule has 0 aliphatic carbocycles. The molecule has 0 radical (unpaired) electrons. The average Bonchev–Trinajstić information content (AvgIpc) is 2.77. The maximum atomic E-state index is 12.8. The molecule has 0 aromatic heterocycles. The largest absolute Gasteiger partial charge is 0.389 e. The minimum absolute atomic E-state index is 0.262. The minimum Gasteiger partial charge on any atom is -0.340 e. The van der Waals surface area contributed by atoms with E-state index in [2.05, 4.69) is 10.6 Å². The standard InChI is InChI=1S/C21H21F3N2O2/c1-2-13(11-12-21(22,23)24)19(27)26-18-16-9-4-3-7-14(16)15-8-5-6-10-17(15)25-20(18)28/h3-10,13,18H,2,11-12H2,1H3,(H,25,28)(H,26,27). The molecule has 2 aromatic rings. The molecule has 4 nitrogen and oxygen atoms in total. The zero-order chi connectivity index (χ0) is 20.3. The molecule has 148 valence electrons. The Morgan fingerprint density at radius 2 is 1.75 bits per heavy atom. The number of carbonyl (C=O) groups is 2. The van der Waals surface area contributed by atoms with Crippen LogP contribution in [0.25, 0.3) is 11.1 Å². The van der Waals surface area contributed by atoms with Crippen molar-refractivity contribution >= 4 is 17.5 Å². The Morgan fingerprint density at radius 3 is 2.43 bits per heavy atom. The lowest BCUT2D eigenvalue weighted by atomic mass is 9.94. The van der Waals surface area contributed by atoms with E-state index in [0.29, 0.717) is 11.3 Å². The molecular weight excluding hydrogens is 369 g/mol. The molecule has 2 unspecified atom stereocenters. The molecule has 0 bridgehead atoms. The van der Waals surface area contributed by atoms with Crippen molar-refractivity contribution in [3.05, 3.63) is 54.1 Å². The first-order valence-corrected chi connectivity index (χ1v) is 9.16. The first kappa shape index (κ1) is 19.9. The second-order valence-corrected chi connectivity index (χ2v) is 6.82. The fourth-order valence-corrected chi connectivity index (χ4v) is 3.43. The summed E-state index contributed by atoms with van der Waals surface area (Å²) in [5.41, 5.74) is 2.86. The van der Waals surface area contributed by atoms with Gasteiger partial charge in [0.05, 0.1) is 0 Å². The van der Waals surface area contributed by atoms with Crippen LogP contribution < -0.4 is 10.6 Å². The molecule has 1 heterocycles. The van der Waals surface area contributed by atoms with Crippen LogP contribution in [-0.4, -0.2) is 18.0 Å². The molecule has 0 spiro atoms. The topological polar surface area (TPSA) is 58.2 Å². The van der Waals surface area contributed by atoms with Gasteiger partial charge in [0, 0.05) is 23.6 Å². The predicted molar refractivity (Wildman–Crippen MR) is 100 cm³/mol. The molecule has 0 fully saturated rings. The third-order valence-corrected chi connectivity index (χ3v) is 4.94. The molecule has 0 saturated heterocycles. The van der Waals surface area contributed by atoms with Gasteiger partial charge in [-0.2, -0.15) is 13.2 Å². The second-order valence-electron chi connectivity index (χ2n) is 6.82. The second kappa shape index (κ2) is 8.04. The van der Waals surface area contributed by atoms with Crippen LogP contribution in [0.1, 0.15) is 37.8 Å². The van der Waals surface area contributed by atoms with Crippen LogP contribution in [0.3, 0.4) is 0 Å². The maximum Gasteiger partial charge on any atom is 0.389 e. The smallest absolute Gasteiger partial charge is 0.340 e. The lowest BCUT2D eigenvalue weighted by Crippen LogP contribution is -2.39. The highest BCUT2D eigenvalue weighted by Gasteiger charge is 2.33. The van der Waals surface area contributed by atoms with Gasteiger partial charge in [0.25, 0.3) is 5.91 Å². The minimum atomic E-state index is -4.32. The van der Waals surface area contributed by atoms with E-state index >= 15 is 0 Å². The third-order valence-electron chi connectivity index (χ3n) is 4.94. The number of amides is 2. The normalized spacial score (nSPS) is 17.0. The third kappa shape index (κ3) is 4.35.